The number of nitrogens with zero attached hydrogens (tertiary/aromatic N) is 2. The van der Waals surface area contributed by atoms with Gasteiger partial charge in [-0.3, -0.25) is 15.1 Å². The van der Waals surface area contributed by atoms with Crippen molar-refractivity contribution in [2.45, 2.75) is 0 Å². The maximum atomic E-state index is 10.9. The van der Waals surface area contributed by atoms with Crippen molar-refractivity contribution in [2.24, 2.45) is 0 Å². The van der Waals surface area contributed by atoms with Crippen molar-refractivity contribution in [3.63, 3.8) is 0 Å². The van der Waals surface area contributed by atoms with E-state index in [9.17, 15) is 10.1 Å². The quantitative estimate of drug-likeness (QED) is 0.625. The second-order valence-electron chi connectivity index (χ2n) is 3.29. The second kappa shape index (κ2) is 5.32. The standard InChI is InChI=1S/C11H6BrClN2O3/c12-7-4-8(6-14-5-7)18-11-9(13)2-1-3-10(11)15(16)17/h1-6H. The lowest BCUT2D eigenvalue weighted by Crippen LogP contribution is -1.94. The summed E-state index contributed by atoms with van der Waals surface area (Å²) >= 11 is 9.13. The number of ether oxygens (including phenoxy) is 1. The summed E-state index contributed by atoms with van der Waals surface area (Å²) in [5, 5.41) is 11.0. The van der Waals surface area contributed by atoms with E-state index in [-0.39, 0.29) is 16.5 Å². The van der Waals surface area contributed by atoms with Crippen LogP contribution < -0.4 is 4.74 Å². The van der Waals surface area contributed by atoms with Crippen LogP contribution in [0.5, 0.6) is 11.5 Å². The highest BCUT2D eigenvalue weighted by Crippen LogP contribution is 2.37. The van der Waals surface area contributed by atoms with Gasteiger partial charge in [0.1, 0.15) is 5.75 Å². The molecule has 1 aromatic carbocycles. The topological polar surface area (TPSA) is 65.3 Å². The Hall–Kier alpha value is -1.66. The number of para-hydroxylation sites is 1. The number of halogens is 2. The molecular formula is C11H6BrClN2O3. The van der Waals surface area contributed by atoms with Crippen LogP contribution >= 0.6 is 27.5 Å². The first-order valence-electron chi connectivity index (χ1n) is 4.79. The molecule has 0 radical (unpaired) electrons. The Kier molecular flexibility index (Phi) is 3.78. The molecule has 0 bridgehead atoms. The number of nitro groups is 1. The third-order valence-electron chi connectivity index (χ3n) is 2.04. The van der Waals surface area contributed by atoms with Gasteiger partial charge in [0.05, 0.1) is 16.1 Å². The van der Waals surface area contributed by atoms with Crippen LogP contribution in [0, 0.1) is 10.1 Å². The highest BCUT2D eigenvalue weighted by molar-refractivity contribution is 9.10. The Balaban J connectivity index is 2.42. The summed E-state index contributed by atoms with van der Waals surface area (Å²) in [6.45, 7) is 0. The van der Waals surface area contributed by atoms with E-state index >= 15 is 0 Å². The van der Waals surface area contributed by atoms with E-state index < -0.39 is 4.92 Å². The average molecular weight is 330 g/mol. The number of nitro benzene ring substituents is 1. The van der Waals surface area contributed by atoms with Crippen LogP contribution in [0.1, 0.15) is 0 Å². The molecule has 1 heterocycles. The normalized spacial score (nSPS) is 10.1. The maximum absolute atomic E-state index is 10.9. The molecular weight excluding hydrogens is 323 g/mol. The van der Waals surface area contributed by atoms with Gasteiger partial charge in [-0.2, -0.15) is 0 Å². The van der Waals surface area contributed by atoms with Crippen LogP contribution in [0.4, 0.5) is 5.69 Å². The highest BCUT2D eigenvalue weighted by Gasteiger charge is 2.19. The molecule has 92 valence electrons. The lowest BCUT2D eigenvalue weighted by Gasteiger charge is -2.07. The van der Waals surface area contributed by atoms with Gasteiger partial charge in [0, 0.05) is 16.7 Å². The molecule has 0 saturated carbocycles. The number of aromatic nitrogens is 1. The molecule has 0 atom stereocenters. The van der Waals surface area contributed by atoms with Crippen LogP contribution in [0.15, 0.2) is 41.1 Å². The summed E-state index contributed by atoms with van der Waals surface area (Å²) in [6.07, 6.45) is 3.02. The molecule has 0 spiro atoms. The monoisotopic (exact) mass is 328 g/mol. The van der Waals surface area contributed by atoms with Crippen LogP contribution in [0.3, 0.4) is 0 Å². The summed E-state index contributed by atoms with van der Waals surface area (Å²) < 4.78 is 6.12. The molecule has 0 N–H and O–H groups in total. The smallest absolute Gasteiger partial charge is 0.313 e. The number of hydrogen-bond acceptors (Lipinski definition) is 4. The SMILES string of the molecule is O=[N+]([O-])c1cccc(Cl)c1Oc1cncc(Br)c1. The fourth-order valence-corrected chi connectivity index (χ4v) is 1.86. The van der Waals surface area contributed by atoms with Crippen molar-refractivity contribution in [1.82, 2.24) is 4.98 Å². The molecule has 5 nitrogen and oxygen atoms in total. The first-order chi connectivity index (χ1) is 8.58. The number of hydrogen-bond donors (Lipinski definition) is 0. The van der Waals surface area contributed by atoms with Gasteiger partial charge in [-0.25, -0.2) is 0 Å². The van der Waals surface area contributed by atoms with Crippen LogP contribution in [-0.4, -0.2) is 9.91 Å². The van der Waals surface area contributed by atoms with Crippen molar-refractivity contribution in [1.29, 1.82) is 0 Å². The minimum absolute atomic E-state index is 0.00377. The molecule has 2 rings (SSSR count). The van der Waals surface area contributed by atoms with E-state index in [0.717, 1.165) is 0 Å². The van der Waals surface area contributed by atoms with Crippen LogP contribution in [-0.2, 0) is 0 Å². The zero-order valence-corrected chi connectivity index (χ0v) is 11.2. The Bertz CT molecular complexity index is 607. The predicted octanol–water partition coefficient (Wildman–Crippen LogP) is 4.20. The summed E-state index contributed by atoms with van der Waals surface area (Å²) in [7, 11) is 0. The van der Waals surface area contributed by atoms with E-state index in [1.165, 1.54) is 24.4 Å². The molecule has 18 heavy (non-hydrogen) atoms. The number of benzene rings is 1. The molecule has 0 unspecified atom stereocenters. The lowest BCUT2D eigenvalue weighted by atomic mass is 10.3. The summed E-state index contributed by atoms with van der Waals surface area (Å²) in [5.41, 5.74) is -0.192. The van der Waals surface area contributed by atoms with Crippen molar-refractivity contribution >= 4 is 33.2 Å². The first kappa shape index (κ1) is 12.8. The minimum atomic E-state index is -0.549. The average Bonchev–Trinajstić information content (AvgIpc) is 2.31. The van der Waals surface area contributed by atoms with Gasteiger partial charge < -0.3 is 4.74 Å². The van der Waals surface area contributed by atoms with Crippen molar-refractivity contribution in [3.05, 3.63) is 56.3 Å². The fraction of sp³-hybridized carbons (Fsp3) is 0. The van der Waals surface area contributed by atoms with Crippen LogP contribution in [0.25, 0.3) is 0 Å². The molecule has 0 aliphatic rings. The molecule has 0 aliphatic carbocycles. The summed E-state index contributed by atoms with van der Waals surface area (Å²) in [5.74, 6) is 0.365. The first-order valence-corrected chi connectivity index (χ1v) is 5.96. The van der Waals surface area contributed by atoms with E-state index in [1.807, 2.05) is 0 Å². The fourth-order valence-electron chi connectivity index (χ4n) is 1.31. The van der Waals surface area contributed by atoms with Crippen LogP contribution in [0.2, 0.25) is 5.02 Å². The molecule has 0 fully saturated rings. The molecule has 0 aliphatic heterocycles. The van der Waals surface area contributed by atoms with Crippen molar-refractivity contribution in [3.8, 4) is 11.5 Å². The maximum Gasteiger partial charge on any atom is 0.313 e. The number of rotatable bonds is 3. The zero-order chi connectivity index (χ0) is 13.1. The van der Waals surface area contributed by atoms with Gasteiger partial charge in [-0.15, -0.1) is 0 Å². The van der Waals surface area contributed by atoms with E-state index in [0.29, 0.717) is 10.2 Å². The van der Waals surface area contributed by atoms with Crippen molar-refractivity contribution < 1.29 is 9.66 Å². The molecule has 0 saturated heterocycles. The van der Waals surface area contributed by atoms with E-state index in [4.69, 9.17) is 16.3 Å². The van der Waals surface area contributed by atoms with Gasteiger partial charge in [-0.05, 0) is 28.1 Å². The molecule has 7 heteroatoms. The van der Waals surface area contributed by atoms with Gasteiger partial charge in [0.25, 0.3) is 0 Å². The van der Waals surface area contributed by atoms with E-state index in [2.05, 4.69) is 20.9 Å². The minimum Gasteiger partial charge on any atom is -0.447 e. The zero-order valence-electron chi connectivity index (χ0n) is 8.84. The number of pyridine rings is 1. The lowest BCUT2D eigenvalue weighted by molar-refractivity contribution is -0.385. The summed E-state index contributed by atoms with van der Waals surface area (Å²) in [4.78, 5) is 14.2. The Labute approximate surface area is 116 Å². The highest BCUT2D eigenvalue weighted by atomic mass is 79.9. The predicted molar refractivity (Wildman–Crippen MR) is 70.1 cm³/mol. The van der Waals surface area contributed by atoms with Gasteiger partial charge in [0.15, 0.2) is 0 Å². The molecule has 0 amide bonds. The second-order valence-corrected chi connectivity index (χ2v) is 4.61. The molecule has 1 aromatic heterocycles. The largest absolute Gasteiger partial charge is 0.447 e. The van der Waals surface area contributed by atoms with Gasteiger partial charge in [0.2, 0.25) is 5.75 Å². The van der Waals surface area contributed by atoms with Crippen molar-refractivity contribution in [2.75, 3.05) is 0 Å². The molecule has 2 aromatic rings. The van der Waals surface area contributed by atoms with Gasteiger partial charge >= 0.3 is 5.69 Å². The van der Waals surface area contributed by atoms with E-state index in [1.54, 1.807) is 12.3 Å². The Morgan fingerprint density at radius 2 is 2.17 bits per heavy atom. The third kappa shape index (κ3) is 2.77. The van der Waals surface area contributed by atoms with Gasteiger partial charge in [-0.1, -0.05) is 17.7 Å². The third-order valence-corrected chi connectivity index (χ3v) is 2.77. The Morgan fingerprint density at radius 3 is 2.83 bits per heavy atom. The summed E-state index contributed by atoms with van der Waals surface area (Å²) in [6, 6.07) is 5.98. The Morgan fingerprint density at radius 1 is 1.39 bits per heavy atom.